The van der Waals surface area contributed by atoms with Gasteiger partial charge in [0.25, 0.3) is 5.69 Å². The zero-order chi connectivity index (χ0) is 14.9. The number of hydrogen-bond acceptors (Lipinski definition) is 3. The summed E-state index contributed by atoms with van der Waals surface area (Å²) in [5.41, 5.74) is -0.0687. The molecule has 0 unspecified atom stereocenters. The quantitative estimate of drug-likeness (QED) is 0.683. The SMILES string of the molecule is O=C(O)c1cc([N+](=O)[O-])cn1Cc1cccc(F)c1Br. The van der Waals surface area contributed by atoms with Crippen molar-refractivity contribution in [1.82, 2.24) is 4.57 Å². The molecule has 6 nitrogen and oxygen atoms in total. The van der Waals surface area contributed by atoms with Crippen LogP contribution in [0.25, 0.3) is 0 Å². The van der Waals surface area contributed by atoms with E-state index in [1.54, 1.807) is 6.07 Å². The van der Waals surface area contributed by atoms with Crippen molar-refractivity contribution >= 4 is 27.6 Å². The van der Waals surface area contributed by atoms with Gasteiger partial charge in [-0.2, -0.15) is 0 Å². The minimum atomic E-state index is -1.29. The Labute approximate surface area is 120 Å². The van der Waals surface area contributed by atoms with Crippen molar-refractivity contribution in [3.8, 4) is 0 Å². The number of carboxylic acid groups (broad SMARTS) is 1. The van der Waals surface area contributed by atoms with Gasteiger partial charge in [0, 0.05) is 12.6 Å². The average molecular weight is 343 g/mol. The van der Waals surface area contributed by atoms with Gasteiger partial charge in [-0.1, -0.05) is 12.1 Å². The molecule has 1 aromatic heterocycles. The second kappa shape index (κ2) is 5.41. The van der Waals surface area contributed by atoms with E-state index in [0.717, 1.165) is 12.3 Å². The lowest BCUT2D eigenvalue weighted by Crippen LogP contribution is -2.09. The third kappa shape index (κ3) is 2.69. The predicted molar refractivity (Wildman–Crippen MR) is 71.2 cm³/mol. The third-order valence-corrected chi connectivity index (χ3v) is 3.57. The highest BCUT2D eigenvalue weighted by Crippen LogP contribution is 2.24. The second-order valence-electron chi connectivity index (χ2n) is 3.99. The molecule has 1 heterocycles. The molecule has 0 bridgehead atoms. The van der Waals surface area contributed by atoms with Crippen molar-refractivity contribution in [2.75, 3.05) is 0 Å². The Morgan fingerprint density at radius 3 is 2.80 bits per heavy atom. The molecule has 2 aromatic rings. The molecule has 0 saturated heterocycles. The highest BCUT2D eigenvalue weighted by Gasteiger charge is 2.19. The maximum atomic E-state index is 13.4. The molecule has 104 valence electrons. The van der Waals surface area contributed by atoms with Crippen LogP contribution in [0.2, 0.25) is 0 Å². The number of aromatic nitrogens is 1. The number of nitro groups is 1. The number of halogens is 2. The Kier molecular flexibility index (Phi) is 3.84. The molecular weight excluding hydrogens is 335 g/mol. The van der Waals surface area contributed by atoms with E-state index in [0.29, 0.717) is 5.56 Å². The van der Waals surface area contributed by atoms with E-state index in [2.05, 4.69) is 15.9 Å². The monoisotopic (exact) mass is 342 g/mol. The number of carbonyl (C=O) groups is 1. The molecule has 0 radical (unpaired) electrons. The minimum absolute atomic E-state index is 0.00775. The molecule has 0 fully saturated rings. The van der Waals surface area contributed by atoms with Crippen LogP contribution in [0.4, 0.5) is 10.1 Å². The van der Waals surface area contributed by atoms with Crippen molar-refractivity contribution < 1.29 is 19.2 Å². The van der Waals surface area contributed by atoms with Crippen molar-refractivity contribution in [2.45, 2.75) is 6.54 Å². The van der Waals surface area contributed by atoms with Crippen LogP contribution >= 0.6 is 15.9 Å². The predicted octanol–water partition coefficient (Wildman–Crippen LogP) is 3.04. The van der Waals surface area contributed by atoms with Crippen molar-refractivity contribution in [2.24, 2.45) is 0 Å². The van der Waals surface area contributed by atoms with Gasteiger partial charge in [-0.15, -0.1) is 0 Å². The molecule has 20 heavy (non-hydrogen) atoms. The van der Waals surface area contributed by atoms with Crippen molar-refractivity contribution in [1.29, 1.82) is 0 Å². The van der Waals surface area contributed by atoms with Gasteiger partial charge < -0.3 is 9.67 Å². The summed E-state index contributed by atoms with van der Waals surface area (Å²) in [7, 11) is 0. The summed E-state index contributed by atoms with van der Waals surface area (Å²) in [4.78, 5) is 21.1. The van der Waals surface area contributed by atoms with Crippen LogP contribution in [0.1, 0.15) is 16.1 Å². The lowest BCUT2D eigenvalue weighted by molar-refractivity contribution is -0.384. The molecule has 0 aliphatic carbocycles. The van der Waals surface area contributed by atoms with E-state index in [1.807, 2.05) is 0 Å². The summed E-state index contributed by atoms with van der Waals surface area (Å²) in [6.07, 6.45) is 1.11. The Hall–Kier alpha value is -2.22. The number of hydrogen-bond donors (Lipinski definition) is 1. The maximum Gasteiger partial charge on any atom is 0.352 e. The van der Waals surface area contributed by atoms with Crippen LogP contribution in [0.3, 0.4) is 0 Å². The molecular formula is C12H8BrFN2O4. The van der Waals surface area contributed by atoms with Gasteiger partial charge in [0.1, 0.15) is 11.5 Å². The molecule has 0 aliphatic rings. The minimum Gasteiger partial charge on any atom is -0.477 e. The first-order chi connectivity index (χ1) is 9.40. The van der Waals surface area contributed by atoms with E-state index in [4.69, 9.17) is 5.11 Å². The zero-order valence-electron chi connectivity index (χ0n) is 9.92. The lowest BCUT2D eigenvalue weighted by Gasteiger charge is -2.08. The third-order valence-electron chi connectivity index (χ3n) is 2.68. The van der Waals surface area contributed by atoms with E-state index in [9.17, 15) is 19.3 Å². The van der Waals surface area contributed by atoms with E-state index < -0.39 is 16.7 Å². The van der Waals surface area contributed by atoms with Gasteiger partial charge in [0.05, 0.1) is 15.6 Å². The summed E-state index contributed by atoms with van der Waals surface area (Å²) in [5.74, 6) is -1.77. The highest BCUT2D eigenvalue weighted by atomic mass is 79.9. The van der Waals surface area contributed by atoms with Gasteiger partial charge in [-0.25, -0.2) is 9.18 Å². The van der Waals surface area contributed by atoms with Crippen LogP contribution in [0.5, 0.6) is 0 Å². The molecule has 2 rings (SSSR count). The van der Waals surface area contributed by atoms with Gasteiger partial charge in [0.15, 0.2) is 0 Å². The first-order valence-electron chi connectivity index (χ1n) is 5.41. The van der Waals surface area contributed by atoms with Crippen molar-refractivity contribution in [3.63, 3.8) is 0 Å². The number of aromatic carboxylic acids is 1. The van der Waals surface area contributed by atoms with Gasteiger partial charge >= 0.3 is 5.97 Å². The number of carboxylic acids is 1. The Morgan fingerprint density at radius 1 is 1.50 bits per heavy atom. The Bertz CT molecular complexity index is 699. The van der Waals surface area contributed by atoms with Crippen molar-refractivity contribution in [3.05, 3.63) is 62.1 Å². The lowest BCUT2D eigenvalue weighted by atomic mass is 10.2. The normalized spacial score (nSPS) is 10.5. The van der Waals surface area contributed by atoms with E-state index >= 15 is 0 Å². The van der Waals surface area contributed by atoms with E-state index in [1.165, 1.54) is 16.7 Å². The Balaban J connectivity index is 2.45. The van der Waals surface area contributed by atoms with Crippen LogP contribution < -0.4 is 0 Å². The molecule has 0 spiro atoms. The van der Waals surface area contributed by atoms with Crippen LogP contribution in [0.15, 0.2) is 34.9 Å². The number of nitrogens with zero attached hydrogens (tertiary/aromatic N) is 2. The molecule has 0 saturated carbocycles. The molecule has 0 aliphatic heterocycles. The van der Waals surface area contributed by atoms with Gasteiger partial charge in [0.2, 0.25) is 0 Å². The molecule has 1 aromatic carbocycles. The Morgan fingerprint density at radius 2 is 2.20 bits per heavy atom. The number of benzene rings is 1. The second-order valence-corrected chi connectivity index (χ2v) is 4.78. The standard InChI is InChI=1S/C12H8BrFN2O4/c13-11-7(2-1-3-9(11)14)5-15-6-8(16(19)20)4-10(15)12(17)18/h1-4,6H,5H2,(H,17,18). The van der Waals surface area contributed by atoms with Gasteiger partial charge in [-0.05, 0) is 27.6 Å². The summed E-state index contributed by atoms with van der Waals surface area (Å²) in [5, 5.41) is 19.7. The fourth-order valence-electron chi connectivity index (χ4n) is 1.76. The molecule has 8 heteroatoms. The largest absolute Gasteiger partial charge is 0.477 e. The smallest absolute Gasteiger partial charge is 0.352 e. The summed E-state index contributed by atoms with van der Waals surface area (Å²) < 4.78 is 14.8. The maximum absolute atomic E-state index is 13.4. The summed E-state index contributed by atoms with van der Waals surface area (Å²) in [6, 6.07) is 5.30. The molecule has 1 N–H and O–H groups in total. The summed E-state index contributed by atoms with van der Waals surface area (Å²) >= 11 is 3.07. The topological polar surface area (TPSA) is 85.4 Å². The van der Waals surface area contributed by atoms with Crippen LogP contribution in [-0.2, 0) is 6.54 Å². The van der Waals surface area contributed by atoms with Crippen LogP contribution in [-0.4, -0.2) is 20.6 Å². The highest BCUT2D eigenvalue weighted by molar-refractivity contribution is 9.10. The zero-order valence-corrected chi connectivity index (χ0v) is 11.5. The molecule has 0 atom stereocenters. The van der Waals surface area contributed by atoms with Gasteiger partial charge in [-0.3, -0.25) is 10.1 Å². The number of rotatable bonds is 4. The van der Waals surface area contributed by atoms with Crippen LogP contribution in [0, 0.1) is 15.9 Å². The first-order valence-corrected chi connectivity index (χ1v) is 6.20. The summed E-state index contributed by atoms with van der Waals surface area (Å²) in [6.45, 7) is 0.00775. The molecule has 0 amide bonds. The average Bonchev–Trinajstić information content (AvgIpc) is 2.79. The fourth-order valence-corrected chi connectivity index (χ4v) is 2.15. The first kappa shape index (κ1) is 14.2. The fraction of sp³-hybridized carbons (Fsp3) is 0.0833. The van der Waals surface area contributed by atoms with E-state index in [-0.39, 0.29) is 22.4 Å².